The molecule has 0 saturated heterocycles. The first kappa shape index (κ1) is 19.1. The van der Waals surface area contributed by atoms with E-state index >= 15 is 0 Å². The smallest absolute Gasteiger partial charge is 0.164 e. The minimum atomic E-state index is -0.0532. The third-order valence-electron chi connectivity index (χ3n) is 4.31. The molecule has 0 radical (unpaired) electrons. The standard InChI is InChI=1S/C21H16BrCl2NO/c1-13-4-2-3-5-17(13)18(14-6-8-16(22)9-7-14)12-19(26)15-10-20(23)25-21(24)11-15/h2-11,18H,12H2,1H3. The highest BCUT2D eigenvalue weighted by Gasteiger charge is 2.21. The Hall–Kier alpha value is -1.68. The number of halogens is 3. The van der Waals surface area contributed by atoms with Gasteiger partial charge < -0.3 is 0 Å². The van der Waals surface area contributed by atoms with Crippen molar-refractivity contribution < 1.29 is 4.79 Å². The number of Topliss-reactive ketones (excluding diaryl/α,β-unsaturated/α-hetero) is 1. The fraction of sp³-hybridized carbons (Fsp3) is 0.143. The molecule has 0 N–H and O–H groups in total. The van der Waals surface area contributed by atoms with Gasteiger partial charge in [0.1, 0.15) is 10.3 Å². The fourth-order valence-electron chi connectivity index (χ4n) is 3.01. The summed E-state index contributed by atoms with van der Waals surface area (Å²) in [5, 5.41) is 0.439. The van der Waals surface area contributed by atoms with Crippen LogP contribution >= 0.6 is 39.1 Å². The number of pyridine rings is 1. The summed E-state index contributed by atoms with van der Waals surface area (Å²) < 4.78 is 1.00. The van der Waals surface area contributed by atoms with Gasteiger partial charge in [0.05, 0.1) is 0 Å². The van der Waals surface area contributed by atoms with E-state index in [0.29, 0.717) is 12.0 Å². The van der Waals surface area contributed by atoms with E-state index in [2.05, 4.69) is 40.0 Å². The van der Waals surface area contributed by atoms with Gasteiger partial charge >= 0.3 is 0 Å². The Morgan fingerprint density at radius 1 is 1.04 bits per heavy atom. The number of aromatic nitrogens is 1. The maximum atomic E-state index is 12.9. The Kier molecular flexibility index (Phi) is 6.13. The van der Waals surface area contributed by atoms with Gasteiger partial charge in [0.2, 0.25) is 0 Å². The van der Waals surface area contributed by atoms with E-state index in [1.54, 1.807) is 12.1 Å². The van der Waals surface area contributed by atoms with E-state index < -0.39 is 0 Å². The largest absolute Gasteiger partial charge is 0.294 e. The Bertz CT molecular complexity index is 921. The van der Waals surface area contributed by atoms with E-state index in [4.69, 9.17) is 23.2 Å². The minimum absolute atomic E-state index is 0.0210. The second-order valence-electron chi connectivity index (χ2n) is 6.09. The summed E-state index contributed by atoms with van der Waals surface area (Å²) in [6.45, 7) is 2.06. The molecule has 0 aliphatic carbocycles. The summed E-state index contributed by atoms with van der Waals surface area (Å²) in [4.78, 5) is 16.8. The molecular weight excluding hydrogens is 433 g/mol. The Morgan fingerprint density at radius 3 is 2.27 bits per heavy atom. The molecule has 1 atom stereocenters. The normalized spacial score (nSPS) is 12.0. The van der Waals surface area contributed by atoms with Gasteiger partial charge in [0.25, 0.3) is 0 Å². The first-order valence-corrected chi connectivity index (χ1v) is 9.66. The number of carbonyl (C=O) groups excluding carboxylic acids is 1. The highest BCUT2D eigenvalue weighted by atomic mass is 79.9. The van der Waals surface area contributed by atoms with Gasteiger partial charge in [-0.2, -0.15) is 0 Å². The third-order valence-corrected chi connectivity index (χ3v) is 5.23. The number of benzene rings is 2. The van der Waals surface area contributed by atoms with E-state index in [1.807, 2.05) is 36.4 Å². The molecule has 0 amide bonds. The molecule has 0 aliphatic rings. The number of rotatable bonds is 5. The number of carbonyl (C=O) groups is 1. The van der Waals surface area contributed by atoms with Crippen molar-refractivity contribution in [3.63, 3.8) is 0 Å². The topological polar surface area (TPSA) is 30.0 Å². The lowest BCUT2D eigenvalue weighted by Gasteiger charge is -2.20. The average molecular weight is 449 g/mol. The lowest BCUT2D eigenvalue weighted by molar-refractivity contribution is 0.0977. The predicted molar refractivity (Wildman–Crippen MR) is 110 cm³/mol. The van der Waals surface area contributed by atoms with Crippen LogP contribution in [-0.4, -0.2) is 10.8 Å². The second kappa shape index (κ2) is 8.34. The summed E-state index contributed by atoms with van der Waals surface area (Å²) in [5.74, 6) is -0.0742. The maximum Gasteiger partial charge on any atom is 0.164 e. The number of ketones is 1. The molecule has 1 aromatic heterocycles. The van der Waals surface area contributed by atoms with Gasteiger partial charge in [-0.1, -0.05) is 75.5 Å². The van der Waals surface area contributed by atoms with Crippen molar-refractivity contribution in [2.24, 2.45) is 0 Å². The zero-order valence-corrected chi connectivity index (χ0v) is 17.1. The fourth-order valence-corrected chi connectivity index (χ4v) is 3.73. The van der Waals surface area contributed by atoms with Crippen LogP contribution in [0.1, 0.15) is 39.4 Å². The van der Waals surface area contributed by atoms with Gasteiger partial charge in [-0.05, 0) is 47.9 Å². The lowest BCUT2D eigenvalue weighted by Crippen LogP contribution is -2.11. The van der Waals surface area contributed by atoms with E-state index in [1.165, 1.54) is 0 Å². The van der Waals surface area contributed by atoms with Crippen molar-refractivity contribution >= 4 is 44.9 Å². The molecule has 0 aliphatic heterocycles. The summed E-state index contributed by atoms with van der Waals surface area (Å²) in [6, 6.07) is 19.3. The number of hydrogen-bond donors (Lipinski definition) is 0. The van der Waals surface area contributed by atoms with Crippen LogP contribution in [0.4, 0.5) is 0 Å². The van der Waals surface area contributed by atoms with Crippen LogP contribution in [0.5, 0.6) is 0 Å². The first-order valence-electron chi connectivity index (χ1n) is 8.11. The quantitative estimate of drug-likeness (QED) is 0.315. The van der Waals surface area contributed by atoms with Crippen molar-refractivity contribution in [2.75, 3.05) is 0 Å². The Labute approximate surface area is 171 Å². The molecule has 2 aromatic carbocycles. The first-order chi connectivity index (χ1) is 12.4. The molecule has 2 nitrogen and oxygen atoms in total. The molecule has 132 valence electrons. The van der Waals surface area contributed by atoms with E-state index in [-0.39, 0.29) is 22.0 Å². The second-order valence-corrected chi connectivity index (χ2v) is 7.78. The van der Waals surface area contributed by atoms with Gasteiger partial charge in [-0.25, -0.2) is 4.98 Å². The van der Waals surface area contributed by atoms with Crippen molar-refractivity contribution in [2.45, 2.75) is 19.3 Å². The van der Waals surface area contributed by atoms with Crippen molar-refractivity contribution in [3.05, 3.63) is 97.7 Å². The van der Waals surface area contributed by atoms with Gasteiger partial charge in [-0.15, -0.1) is 0 Å². The number of aryl methyl sites for hydroxylation is 1. The van der Waals surface area contributed by atoms with Crippen LogP contribution < -0.4 is 0 Å². The maximum absolute atomic E-state index is 12.9. The summed E-state index contributed by atoms with van der Waals surface area (Å²) >= 11 is 15.4. The lowest BCUT2D eigenvalue weighted by atomic mass is 9.84. The summed E-state index contributed by atoms with van der Waals surface area (Å²) in [6.07, 6.45) is 0.323. The van der Waals surface area contributed by atoms with Crippen LogP contribution in [0.2, 0.25) is 10.3 Å². The Balaban J connectivity index is 1.99. The monoisotopic (exact) mass is 447 g/mol. The number of nitrogens with zero attached hydrogens (tertiary/aromatic N) is 1. The highest BCUT2D eigenvalue weighted by molar-refractivity contribution is 9.10. The zero-order valence-electron chi connectivity index (χ0n) is 14.0. The van der Waals surface area contributed by atoms with Gasteiger partial charge in [-0.3, -0.25) is 4.79 Å². The molecule has 0 spiro atoms. The van der Waals surface area contributed by atoms with Crippen molar-refractivity contribution in [1.29, 1.82) is 0 Å². The molecule has 5 heteroatoms. The van der Waals surface area contributed by atoms with Crippen LogP contribution in [0.3, 0.4) is 0 Å². The molecular formula is C21H16BrCl2NO. The van der Waals surface area contributed by atoms with Crippen LogP contribution in [0.25, 0.3) is 0 Å². The predicted octanol–water partition coefficient (Wildman–Crippen LogP) is 6.86. The molecule has 26 heavy (non-hydrogen) atoms. The molecule has 1 unspecified atom stereocenters. The molecule has 3 rings (SSSR count). The molecule has 0 fully saturated rings. The molecule has 1 heterocycles. The highest BCUT2D eigenvalue weighted by Crippen LogP contribution is 2.32. The zero-order chi connectivity index (χ0) is 18.7. The van der Waals surface area contributed by atoms with Crippen LogP contribution in [0, 0.1) is 6.92 Å². The molecule has 3 aromatic rings. The summed E-state index contributed by atoms with van der Waals surface area (Å²) in [7, 11) is 0. The van der Waals surface area contributed by atoms with E-state index in [0.717, 1.165) is 21.2 Å². The van der Waals surface area contributed by atoms with Gasteiger partial charge in [0.15, 0.2) is 5.78 Å². The minimum Gasteiger partial charge on any atom is -0.294 e. The molecule has 0 bridgehead atoms. The van der Waals surface area contributed by atoms with Crippen molar-refractivity contribution in [3.8, 4) is 0 Å². The summed E-state index contributed by atoms with van der Waals surface area (Å²) in [5.41, 5.74) is 3.85. The average Bonchev–Trinajstić information content (AvgIpc) is 2.60. The van der Waals surface area contributed by atoms with Crippen LogP contribution in [0.15, 0.2) is 65.1 Å². The van der Waals surface area contributed by atoms with Crippen molar-refractivity contribution in [1.82, 2.24) is 4.98 Å². The Morgan fingerprint density at radius 2 is 1.65 bits per heavy atom. The SMILES string of the molecule is Cc1ccccc1C(CC(=O)c1cc(Cl)nc(Cl)c1)c1ccc(Br)cc1. The van der Waals surface area contributed by atoms with Crippen LogP contribution in [-0.2, 0) is 0 Å². The van der Waals surface area contributed by atoms with Gasteiger partial charge in [0, 0.05) is 22.4 Å². The van der Waals surface area contributed by atoms with E-state index in [9.17, 15) is 4.79 Å². The molecule has 0 saturated carbocycles. The third kappa shape index (κ3) is 4.53. The number of hydrogen-bond acceptors (Lipinski definition) is 2.